The van der Waals surface area contributed by atoms with Crippen LogP contribution in [0.1, 0.15) is 87.6 Å². The molecule has 0 bridgehead atoms. The smallest absolute Gasteiger partial charge is 0.338 e. The summed E-state index contributed by atoms with van der Waals surface area (Å²) in [5.41, 5.74) is 2.31. The summed E-state index contributed by atoms with van der Waals surface area (Å²) in [4.78, 5) is 23.6. The lowest BCUT2D eigenvalue weighted by atomic mass is 9.83. The molecule has 6 nitrogen and oxygen atoms in total. The molecule has 6 heteroatoms. The monoisotopic (exact) mass is 550 g/mol. The van der Waals surface area contributed by atoms with E-state index < -0.39 is 0 Å². The summed E-state index contributed by atoms with van der Waals surface area (Å²) >= 11 is 0. The first-order chi connectivity index (χ1) is 19.4. The van der Waals surface area contributed by atoms with Crippen LogP contribution in [0.25, 0.3) is 0 Å². The highest BCUT2D eigenvalue weighted by molar-refractivity contribution is 5.89. The van der Waals surface area contributed by atoms with Crippen molar-refractivity contribution in [2.75, 3.05) is 26.4 Å². The molecule has 0 N–H and O–H groups in total. The van der Waals surface area contributed by atoms with Crippen molar-refractivity contribution in [1.29, 1.82) is 0 Å². The zero-order valence-corrected chi connectivity index (χ0v) is 24.3. The van der Waals surface area contributed by atoms with Crippen molar-refractivity contribution in [3.63, 3.8) is 0 Å². The third-order valence-electron chi connectivity index (χ3n) is 7.34. The van der Waals surface area contributed by atoms with Gasteiger partial charge in [0.05, 0.1) is 32.0 Å². The number of hydrogen-bond donors (Lipinski definition) is 0. The van der Waals surface area contributed by atoms with Gasteiger partial charge >= 0.3 is 11.9 Å². The van der Waals surface area contributed by atoms with E-state index in [1.807, 2.05) is 12.1 Å². The van der Waals surface area contributed by atoms with E-state index in [2.05, 4.69) is 37.8 Å². The first-order valence-corrected chi connectivity index (χ1v) is 14.9. The lowest BCUT2D eigenvalue weighted by Crippen LogP contribution is -2.23. The van der Waals surface area contributed by atoms with Gasteiger partial charge in [-0.2, -0.15) is 0 Å². The van der Waals surface area contributed by atoms with E-state index in [0.29, 0.717) is 42.8 Å². The van der Waals surface area contributed by atoms with Crippen LogP contribution >= 0.6 is 0 Å². The first-order valence-electron chi connectivity index (χ1n) is 14.9. The Balaban J connectivity index is 1.24. The van der Waals surface area contributed by atoms with Crippen molar-refractivity contribution in [2.45, 2.75) is 78.1 Å². The minimum Gasteiger partial charge on any atom is -0.493 e. The average molecular weight is 551 g/mol. The highest BCUT2D eigenvalue weighted by Crippen LogP contribution is 2.30. The third-order valence-corrected chi connectivity index (χ3v) is 7.34. The van der Waals surface area contributed by atoms with Crippen LogP contribution in [0, 0.1) is 11.8 Å². The van der Waals surface area contributed by atoms with Gasteiger partial charge in [-0.25, -0.2) is 9.59 Å². The highest BCUT2D eigenvalue weighted by atomic mass is 16.5. The zero-order valence-electron chi connectivity index (χ0n) is 24.3. The highest BCUT2D eigenvalue weighted by Gasteiger charge is 2.22. The molecule has 2 aromatic rings. The molecule has 1 saturated carbocycles. The Bertz CT molecular complexity index is 1040. The molecule has 2 aromatic carbocycles. The van der Waals surface area contributed by atoms with Gasteiger partial charge in [0.1, 0.15) is 11.5 Å². The lowest BCUT2D eigenvalue weighted by molar-refractivity contribution is -0.139. The van der Waals surface area contributed by atoms with E-state index >= 15 is 0 Å². The summed E-state index contributed by atoms with van der Waals surface area (Å²) in [5.74, 6) is 2.22. The van der Waals surface area contributed by atoms with Crippen LogP contribution in [-0.4, -0.2) is 38.4 Å². The topological polar surface area (TPSA) is 71.1 Å². The van der Waals surface area contributed by atoms with Gasteiger partial charge in [0.25, 0.3) is 0 Å². The number of rotatable bonds is 17. The van der Waals surface area contributed by atoms with Gasteiger partial charge in [0.15, 0.2) is 0 Å². The number of carbonyl (C=O) groups is 2. The van der Waals surface area contributed by atoms with Gasteiger partial charge in [0, 0.05) is 5.57 Å². The molecule has 0 heterocycles. The SMILES string of the molecule is C=C(C)C(=O)OCCCCCCOC(=O)c1ccc(OCC2CCC(COc3ccc(CCC)cc3)CC2)cc1. The summed E-state index contributed by atoms with van der Waals surface area (Å²) in [6, 6.07) is 15.7. The number of benzene rings is 2. The van der Waals surface area contributed by atoms with E-state index in [9.17, 15) is 9.59 Å². The molecular weight excluding hydrogens is 504 g/mol. The summed E-state index contributed by atoms with van der Waals surface area (Å²) in [5, 5.41) is 0. The van der Waals surface area contributed by atoms with Crippen LogP contribution in [-0.2, 0) is 20.7 Å². The standard InChI is InChI=1S/C34H46O6/c1-4-9-27-14-18-31(19-15-27)39-24-28-10-12-29(13-11-28)25-40-32-20-16-30(17-21-32)34(36)38-23-8-6-5-7-22-37-33(35)26(2)3/h14-21,28-29H,2,4-13,22-25H2,1,3H3. The van der Waals surface area contributed by atoms with Crippen molar-refractivity contribution in [2.24, 2.45) is 11.8 Å². The fourth-order valence-corrected chi connectivity index (χ4v) is 4.82. The second-order valence-electron chi connectivity index (χ2n) is 10.9. The minimum absolute atomic E-state index is 0.320. The van der Waals surface area contributed by atoms with Gasteiger partial charge in [-0.05, 0) is 119 Å². The first kappa shape index (κ1) is 31.3. The maximum absolute atomic E-state index is 12.3. The van der Waals surface area contributed by atoms with E-state index in [1.54, 1.807) is 19.1 Å². The molecule has 0 atom stereocenters. The van der Waals surface area contributed by atoms with E-state index in [1.165, 1.54) is 5.56 Å². The molecule has 0 unspecified atom stereocenters. The van der Waals surface area contributed by atoms with E-state index in [-0.39, 0.29) is 11.9 Å². The largest absolute Gasteiger partial charge is 0.493 e. The summed E-state index contributed by atoms with van der Waals surface area (Å²) < 4.78 is 22.5. The molecule has 3 rings (SSSR count). The molecule has 0 aliphatic heterocycles. The number of aryl methyl sites for hydroxylation is 1. The Morgan fingerprint density at radius 3 is 1.75 bits per heavy atom. The predicted octanol–water partition coefficient (Wildman–Crippen LogP) is 7.74. The molecule has 1 aliphatic rings. The van der Waals surface area contributed by atoms with Crippen LogP contribution in [0.15, 0.2) is 60.7 Å². The third kappa shape index (κ3) is 11.4. The number of ether oxygens (including phenoxy) is 4. The number of esters is 2. The van der Waals surface area contributed by atoms with Crippen LogP contribution in [0.4, 0.5) is 0 Å². The van der Waals surface area contributed by atoms with Crippen LogP contribution in [0.3, 0.4) is 0 Å². The molecule has 1 fully saturated rings. The molecular formula is C34H46O6. The van der Waals surface area contributed by atoms with Crippen LogP contribution in [0.2, 0.25) is 0 Å². The normalized spacial score (nSPS) is 16.6. The summed E-state index contributed by atoms with van der Waals surface area (Å²) in [6.07, 6.45) is 10.3. The van der Waals surface area contributed by atoms with Gasteiger partial charge in [-0.15, -0.1) is 0 Å². The molecule has 0 radical (unpaired) electrons. The molecule has 40 heavy (non-hydrogen) atoms. The maximum Gasteiger partial charge on any atom is 0.338 e. The van der Waals surface area contributed by atoms with Gasteiger partial charge in [-0.1, -0.05) is 32.1 Å². The van der Waals surface area contributed by atoms with Gasteiger partial charge in [0.2, 0.25) is 0 Å². The lowest BCUT2D eigenvalue weighted by Gasteiger charge is -2.28. The fraction of sp³-hybridized carbons (Fsp3) is 0.529. The molecule has 218 valence electrons. The molecule has 0 saturated heterocycles. The van der Waals surface area contributed by atoms with Crippen molar-refractivity contribution in [3.05, 3.63) is 71.8 Å². The van der Waals surface area contributed by atoms with Crippen molar-refractivity contribution in [1.82, 2.24) is 0 Å². The summed E-state index contributed by atoms with van der Waals surface area (Å²) in [7, 11) is 0. The van der Waals surface area contributed by atoms with E-state index in [0.717, 1.165) is 82.3 Å². The molecule has 0 amide bonds. The number of hydrogen-bond acceptors (Lipinski definition) is 6. The Hall–Kier alpha value is -3.28. The Labute approximate surface area is 240 Å². The Morgan fingerprint density at radius 1 is 0.750 bits per heavy atom. The molecule has 0 spiro atoms. The second-order valence-corrected chi connectivity index (χ2v) is 10.9. The molecule has 0 aromatic heterocycles. The second kappa shape index (κ2) is 17.4. The minimum atomic E-state index is -0.348. The van der Waals surface area contributed by atoms with Crippen molar-refractivity contribution >= 4 is 11.9 Å². The van der Waals surface area contributed by atoms with Crippen molar-refractivity contribution in [3.8, 4) is 11.5 Å². The Kier molecular flexibility index (Phi) is 13.6. The number of unbranched alkanes of at least 4 members (excludes halogenated alkanes) is 3. The van der Waals surface area contributed by atoms with Gasteiger partial charge in [-0.3, -0.25) is 0 Å². The van der Waals surface area contributed by atoms with E-state index in [4.69, 9.17) is 18.9 Å². The average Bonchev–Trinajstić information content (AvgIpc) is 2.97. The zero-order chi connectivity index (χ0) is 28.6. The summed E-state index contributed by atoms with van der Waals surface area (Å²) in [6.45, 7) is 9.64. The van der Waals surface area contributed by atoms with Crippen molar-refractivity contribution < 1.29 is 28.5 Å². The van der Waals surface area contributed by atoms with Crippen LogP contribution in [0.5, 0.6) is 11.5 Å². The van der Waals surface area contributed by atoms with Crippen LogP contribution < -0.4 is 9.47 Å². The maximum atomic E-state index is 12.3. The molecule has 1 aliphatic carbocycles. The van der Waals surface area contributed by atoms with Gasteiger partial charge < -0.3 is 18.9 Å². The quantitative estimate of drug-likeness (QED) is 0.114. The predicted molar refractivity (Wildman–Crippen MR) is 158 cm³/mol. The fourth-order valence-electron chi connectivity index (χ4n) is 4.82. The number of carbonyl (C=O) groups excluding carboxylic acids is 2. The Morgan fingerprint density at radius 2 is 1.25 bits per heavy atom.